The highest BCUT2D eigenvalue weighted by atomic mass is 16.5. The summed E-state index contributed by atoms with van der Waals surface area (Å²) in [6.07, 6.45) is 0. The molecule has 2 heterocycles. The van der Waals surface area contributed by atoms with E-state index in [1.807, 2.05) is 83.1 Å². The summed E-state index contributed by atoms with van der Waals surface area (Å²) >= 11 is 0. The fraction of sp³-hybridized carbons (Fsp3) is 0.667. The second kappa shape index (κ2) is 8.71. The molecule has 178 valence electrons. The van der Waals surface area contributed by atoms with E-state index < -0.39 is 22.4 Å². The largest absolute Gasteiger partial charge is 0.472 e. The molecule has 0 bridgehead atoms. The molecule has 0 saturated carbocycles. The smallest absolute Gasteiger partial charge is 0.320 e. The molecular formula is C24H38N4O4. The van der Waals surface area contributed by atoms with Crippen LogP contribution in [0.4, 0.5) is 0 Å². The van der Waals surface area contributed by atoms with E-state index in [4.69, 9.17) is 18.9 Å². The maximum atomic E-state index is 6.00. The highest BCUT2D eigenvalue weighted by molar-refractivity contribution is 5.57. The summed E-state index contributed by atoms with van der Waals surface area (Å²) in [5.41, 5.74) is -0.833. The Morgan fingerprint density at radius 3 is 0.969 bits per heavy atom. The van der Waals surface area contributed by atoms with E-state index in [1.54, 1.807) is 12.1 Å². The number of nitrogens with zero attached hydrogens (tertiary/aromatic N) is 4. The maximum Gasteiger partial charge on any atom is 0.320 e. The molecular weight excluding hydrogens is 408 g/mol. The molecule has 0 N–H and O–H groups in total. The normalized spacial score (nSPS) is 13.0. The third kappa shape index (κ3) is 9.24. The monoisotopic (exact) mass is 446 g/mol. The van der Waals surface area contributed by atoms with Gasteiger partial charge in [0.25, 0.3) is 0 Å². The van der Waals surface area contributed by atoms with Crippen molar-refractivity contribution >= 4 is 0 Å². The molecule has 0 aliphatic carbocycles. The molecule has 0 radical (unpaired) electrons. The van der Waals surface area contributed by atoms with E-state index in [0.29, 0.717) is 23.1 Å². The van der Waals surface area contributed by atoms with Crippen molar-refractivity contribution in [3.05, 3.63) is 12.1 Å². The first-order valence-corrected chi connectivity index (χ1v) is 10.8. The van der Waals surface area contributed by atoms with Crippen LogP contribution in [0.1, 0.15) is 83.1 Å². The summed E-state index contributed by atoms with van der Waals surface area (Å²) in [6.45, 7) is 23.3. The molecule has 0 aliphatic heterocycles. The van der Waals surface area contributed by atoms with Crippen molar-refractivity contribution in [1.29, 1.82) is 0 Å². The average molecular weight is 447 g/mol. The third-order valence-corrected chi connectivity index (χ3v) is 3.24. The van der Waals surface area contributed by atoms with Gasteiger partial charge in [-0.1, -0.05) is 0 Å². The van der Waals surface area contributed by atoms with Gasteiger partial charge in [0, 0.05) is 12.1 Å². The van der Waals surface area contributed by atoms with Crippen LogP contribution in [-0.4, -0.2) is 42.3 Å². The van der Waals surface area contributed by atoms with Crippen molar-refractivity contribution in [2.75, 3.05) is 0 Å². The van der Waals surface area contributed by atoms with Gasteiger partial charge in [-0.15, -0.1) is 0 Å². The molecule has 2 rings (SSSR count). The van der Waals surface area contributed by atoms with Crippen LogP contribution in [0.15, 0.2) is 12.1 Å². The van der Waals surface area contributed by atoms with Crippen LogP contribution in [0.5, 0.6) is 23.8 Å². The van der Waals surface area contributed by atoms with E-state index in [2.05, 4.69) is 19.9 Å². The number of hydrogen-bond donors (Lipinski definition) is 0. The van der Waals surface area contributed by atoms with Gasteiger partial charge in [-0.3, -0.25) is 0 Å². The number of rotatable bonds is 5. The highest BCUT2D eigenvalue weighted by Gasteiger charge is 2.23. The second-order valence-electron chi connectivity index (χ2n) is 11.6. The Bertz CT molecular complexity index is 787. The predicted molar refractivity (Wildman–Crippen MR) is 125 cm³/mol. The topological polar surface area (TPSA) is 88.5 Å². The minimum Gasteiger partial charge on any atom is -0.472 e. The lowest BCUT2D eigenvalue weighted by atomic mass is 10.2. The van der Waals surface area contributed by atoms with Crippen LogP contribution >= 0.6 is 0 Å². The molecule has 2 aromatic heterocycles. The average Bonchev–Trinajstić information content (AvgIpc) is 2.47. The van der Waals surface area contributed by atoms with Gasteiger partial charge in [0.2, 0.25) is 11.8 Å². The maximum absolute atomic E-state index is 6.00. The van der Waals surface area contributed by atoms with Gasteiger partial charge >= 0.3 is 12.0 Å². The molecule has 0 aliphatic rings. The Kier molecular flexibility index (Phi) is 6.98. The summed E-state index contributed by atoms with van der Waals surface area (Å²) in [6, 6.07) is 3.85. The molecule has 0 unspecified atom stereocenters. The van der Waals surface area contributed by atoms with Crippen LogP contribution in [0.2, 0.25) is 0 Å². The Morgan fingerprint density at radius 1 is 0.438 bits per heavy atom. The molecule has 0 saturated heterocycles. The lowest BCUT2D eigenvalue weighted by molar-refractivity contribution is 0.101. The fourth-order valence-corrected chi connectivity index (χ4v) is 2.44. The number of ether oxygens (including phenoxy) is 4. The minimum absolute atomic E-state index is 0.199. The zero-order valence-electron chi connectivity index (χ0n) is 21.6. The van der Waals surface area contributed by atoms with Gasteiger partial charge in [0.15, 0.2) is 0 Å². The summed E-state index contributed by atoms with van der Waals surface area (Å²) in [5, 5.41) is 0. The lowest BCUT2D eigenvalue weighted by Gasteiger charge is -2.24. The lowest BCUT2D eigenvalue weighted by Crippen LogP contribution is -2.27. The quantitative estimate of drug-likeness (QED) is 0.583. The third-order valence-electron chi connectivity index (χ3n) is 3.24. The van der Waals surface area contributed by atoms with E-state index in [0.717, 1.165) is 0 Å². The van der Waals surface area contributed by atoms with Crippen LogP contribution in [-0.2, 0) is 0 Å². The van der Waals surface area contributed by atoms with E-state index in [9.17, 15) is 0 Å². The van der Waals surface area contributed by atoms with Crippen molar-refractivity contribution < 1.29 is 18.9 Å². The van der Waals surface area contributed by atoms with E-state index in [1.165, 1.54) is 0 Å². The summed E-state index contributed by atoms with van der Waals surface area (Å²) in [5.74, 6) is 0.772. The Labute approximate surface area is 192 Å². The zero-order chi connectivity index (χ0) is 24.5. The van der Waals surface area contributed by atoms with Crippen molar-refractivity contribution in [3.8, 4) is 35.2 Å². The molecule has 0 aromatic carbocycles. The van der Waals surface area contributed by atoms with E-state index >= 15 is 0 Å². The first-order valence-electron chi connectivity index (χ1n) is 10.8. The van der Waals surface area contributed by atoms with Crippen LogP contribution < -0.4 is 18.9 Å². The summed E-state index contributed by atoms with van der Waals surface area (Å²) < 4.78 is 23.9. The number of hydrogen-bond acceptors (Lipinski definition) is 8. The molecule has 0 spiro atoms. The summed E-state index contributed by atoms with van der Waals surface area (Å²) in [7, 11) is 0. The highest BCUT2D eigenvalue weighted by Crippen LogP contribution is 2.30. The van der Waals surface area contributed by atoms with Crippen molar-refractivity contribution in [2.24, 2.45) is 0 Å². The van der Waals surface area contributed by atoms with Crippen LogP contribution in [0.3, 0.4) is 0 Å². The van der Waals surface area contributed by atoms with Crippen LogP contribution in [0.25, 0.3) is 11.4 Å². The van der Waals surface area contributed by atoms with Crippen molar-refractivity contribution in [2.45, 2.75) is 105 Å². The first kappa shape index (κ1) is 25.6. The Morgan fingerprint density at radius 2 is 0.719 bits per heavy atom. The van der Waals surface area contributed by atoms with Gasteiger partial charge in [0.1, 0.15) is 33.8 Å². The SMILES string of the molecule is CC(C)(C)Oc1cc(-c2cc(OC(C)(C)C)nc(OC(C)(C)C)n2)nc(OC(C)(C)C)n1. The number of aromatic nitrogens is 4. The van der Waals surface area contributed by atoms with Gasteiger partial charge in [-0.25, -0.2) is 0 Å². The molecule has 8 heteroatoms. The zero-order valence-corrected chi connectivity index (χ0v) is 21.6. The van der Waals surface area contributed by atoms with Gasteiger partial charge < -0.3 is 18.9 Å². The second-order valence-corrected chi connectivity index (χ2v) is 11.6. The molecule has 0 atom stereocenters. The fourth-order valence-electron chi connectivity index (χ4n) is 2.44. The standard InChI is InChI=1S/C24H38N4O4/c1-21(2,3)29-17-13-15(25-19(27-17)31-23(7,8)9)16-14-18(30-22(4,5)6)28-20(26-16)32-24(10,11)12/h13-14H,1-12H3. The van der Waals surface area contributed by atoms with Gasteiger partial charge in [0.05, 0.1) is 0 Å². The van der Waals surface area contributed by atoms with Crippen LogP contribution in [0, 0.1) is 0 Å². The van der Waals surface area contributed by atoms with E-state index in [-0.39, 0.29) is 12.0 Å². The van der Waals surface area contributed by atoms with Crippen molar-refractivity contribution in [1.82, 2.24) is 19.9 Å². The summed E-state index contributed by atoms with van der Waals surface area (Å²) in [4.78, 5) is 18.0. The van der Waals surface area contributed by atoms with Gasteiger partial charge in [-0.05, 0) is 83.1 Å². The molecule has 2 aromatic rings. The molecule has 0 fully saturated rings. The Hall–Kier alpha value is -2.64. The minimum atomic E-state index is -0.482. The van der Waals surface area contributed by atoms with Crippen molar-refractivity contribution in [3.63, 3.8) is 0 Å². The predicted octanol–water partition coefficient (Wildman–Crippen LogP) is 5.64. The van der Waals surface area contributed by atoms with Gasteiger partial charge in [-0.2, -0.15) is 19.9 Å². The first-order chi connectivity index (χ1) is 14.3. The molecule has 32 heavy (non-hydrogen) atoms. The Balaban J connectivity index is 2.63. The molecule has 0 amide bonds. The molecule has 8 nitrogen and oxygen atoms in total.